The van der Waals surface area contributed by atoms with Gasteiger partial charge in [0.2, 0.25) is 0 Å². The summed E-state index contributed by atoms with van der Waals surface area (Å²) in [5, 5.41) is 0. The average Bonchev–Trinajstić information content (AvgIpc) is 3.09. The molecule has 0 radical (unpaired) electrons. The van der Waals surface area contributed by atoms with Gasteiger partial charge in [0.05, 0.1) is 7.11 Å². The molecule has 0 spiro atoms. The van der Waals surface area contributed by atoms with Gasteiger partial charge in [0.25, 0.3) is 0 Å². The normalized spacial score (nSPS) is 29.6. The van der Waals surface area contributed by atoms with E-state index in [1.54, 1.807) is 0 Å². The predicted octanol–water partition coefficient (Wildman–Crippen LogP) is 1.62. The van der Waals surface area contributed by atoms with E-state index in [1.807, 2.05) is 0 Å². The van der Waals surface area contributed by atoms with Gasteiger partial charge in [-0.25, -0.2) is 0 Å². The van der Waals surface area contributed by atoms with Crippen LogP contribution in [0.4, 0.5) is 0 Å². The predicted molar refractivity (Wildman–Crippen MR) is 58.1 cm³/mol. The van der Waals surface area contributed by atoms with Gasteiger partial charge in [0.1, 0.15) is 6.04 Å². The van der Waals surface area contributed by atoms with E-state index < -0.39 is 6.04 Å². The van der Waals surface area contributed by atoms with E-state index in [4.69, 9.17) is 10.5 Å². The largest absolute Gasteiger partial charge is 0.468 e. The standard InChI is InChI=1S/C12H19NO2/c1-15-11(14)10(13)12(7-8-12)9-5-3-2-4-6-9/h2-3,9-10H,4-8,13H2,1H3. The van der Waals surface area contributed by atoms with Crippen LogP contribution in [0, 0.1) is 11.3 Å². The second kappa shape index (κ2) is 3.97. The maximum Gasteiger partial charge on any atom is 0.323 e. The van der Waals surface area contributed by atoms with E-state index in [2.05, 4.69) is 12.2 Å². The smallest absolute Gasteiger partial charge is 0.323 e. The first-order valence-electron chi connectivity index (χ1n) is 5.69. The molecule has 2 aliphatic carbocycles. The number of methoxy groups -OCH3 is 1. The fourth-order valence-corrected chi connectivity index (χ4v) is 2.79. The molecular weight excluding hydrogens is 190 g/mol. The SMILES string of the molecule is COC(=O)C(N)C1(C2CC=CCC2)CC1. The molecule has 3 nitrogen and oxygen atoms in total. The van der Waals surface area contributed by atoms with Gasteiger partial charge in [-0.15, -0.1) is 0 Å². The molecule has 2 atom stereocenters. The Morgan fingerprint density at radius 1 is 1.53 bits per heavy atom. The van der Waals surface area contributed by atoms with Gasteiger partial charge < -0.3 is 10.5 Å². The van der Waals surface area contributed by atoms with E-state index in [-0.39, 0.29) is 11.4 Å². The fraction of sp³-hybridized carbons (Fsp3) is 0.750. The van der Waals surface area contributed by atoms with Crippen LogP contribution in [0.25, 0.3) is 0 Å². The number of carbonyl (C=O) groups excluding carboxylic acids is 1. The molecule has 2 unspecified atom stereocenters. The van der Waals surface area contributed by atoms with Crippen molar-refractivity contribution in [3.8, 4) is 0 Å². The zero-order valence-corrected chi connectivity index (χ0v) is 9.24. The first kappa shape index (κ1) is 10.7. The van der Waals surface area contributed by atoms with Gasteiger partial charge in [-0.3, -0.25) is 4.79 Å². The van der Waals surface area contributed by atoms with Crippen molar-refractivity contribution in [1.29, 1.82) is 0 Å². The topological polar surface area (TPSA) is 52.3 Å². The summed E-state index contributed by atoms with van der Waals surface area (Å²) in [4.78, 5) is 11.5. The van der Waals surface area contributed by atoms with Crippen molar-refractivity contribution in [3.63, 3.8) is 0 Å². The van der Waals surface area contributed by atoms with Gasteiger partial charge in [-0.2, -0.15) is 0 Å². The van der Waals surface area contributed by atoms with Gasteiger partial charge in [-0.05, 0) is 43.4 Å². The average molecular weight is 209 g/mol. The third-order valence-electron chi connectivity index (χ3n) is 3.98. The van der Waals surface area contributed by atoms with Crippen LogP contribution >= 0.6 is 0 Å². The van der Waals surface area contributed by atoms with Gasteiger partial charge in [-0.1, -0.05) is 12.2 Å². The summed E-state index contributed by atoms with van der Waals surface area (Å²) in [5.41, 5.74) is 6.05. The monoisotopic (exact) mass is 209 g/mol. The molecule has 0 heterocycles. The Hall–Kier alpha value is -0.830. The molecule has 2 rings (SSSR count). The summed E-state index contributed by atoms with van der Waals surface area (Å²) in [6.07, 6.45) is 9.98. The number of esters is 1. The molecule has 3 heteroatoms. The fourth-order valence-electron chi connectivity index (χ4n) is 2.79. The summed E-state index contributed by atoms with van der Waals surface area (Å²) < 4.78 is 4.75. The molecule has 0 aromatic heterocycles. The van der Waals surface area contributed by atoms with Gasteiger partial charge >= 0.3 is 5.97 Å². The first-order valence-corrected chi connectivity index (χ1v) is 5.69. The molecule has 0 aliphatic heterocycles. The summed E-state index contributed by atoms with van der Waals surface area (Å²) >= 11 is 0. The lowest BCUT2D eigenvalue weighted by Crippen LogP contribution is -2.44. The summed E-state index contributed by atoms with van der Waals surface area (Å²) in [5.74, 6) is 0.332. The second-order valence-electron chi connectivity index (χ2n) is 4.72. The molecular formula is C12H19NO2. The van der Waals surface area contributed by atoms with Crippen molar-refractivity contribution >= 4 is 5.97 Å². The number of ether oxygens (including phenoxy) is 1. The van der Waals surface area contributed by atoms with Crippen LogP contribution in [-0.4, -0.2) is 19.1 Å². The van der Waals surface area contributed by atoms with Crippen molar-refractivity contribution < 1.29 is 9.53 Å². The zero-order valence-electron chi connectivity index (χ0n) is 9.24. The Labute approximate surface area is 90.7 Å². The van der Waals surface area contributed by atoms with Crippen LogP contribution in [0.1, 0.15) is 32.1 Å². The molecule has 1 fully saturated rings. The molecule has 84 valence electrons. The molecule has 0 bridgehead atoms. The lowest BCUT2D eigenvalue weighted by molar-refractivity contribution is -0.144. The van der Waals surface area contributed by atoms with Crippen LogP contribution in [-0.2, 0) is 9.53 Å². The summed E-state index contributed by atoms with van der Waals surface area (Å²) in [6.45, 7) is 0. The van der Waals surface area contributed by atoms with Crippen LogP contribution in [0.2, 0.25) is 0 Å². The third-order valence-corrected chi connectivity index (χ3v) is 3.98. The van der Waals surface area contributed by atoms with Crippen molar-refractivity contribution in [2.45, 2.75) is 38.1 Å². The summed E-state index contributed by atoms with van der Waals surface area (Å²) in [7, 11) is 1.42. The molecule has 15 heavy (non-hydrogen) atoms. The molecule has 2 aliphatic rings. The Bertz CT molecular complexity index is 281. The Morgan fingerprint density at radius 3 is 2.73 bits per heavy atom. The molecule has 0 amide bonds. The lowest BCUT2D eigenvalue weighted by Gasteiger charge is -2.31. The Morgan fingerprint density at radius 2 is 2.27 bits per heavy atom. The first-order chi connectivity index (χ1) is 7.20. The maximum absolute atomic E-state index is 11.5. The molecule has 0 saturated heterocycles. The van der Waals surface area contributed by atoms with Gasteiger partial charge in [0, 0.05) is 0 Å². The van der Waals surface area contributed by atoms with E-state index in [0.717, 1.165) is 25.7 Å². The van der Waals surface area contributed by atoms with Crippen molar-refractivity contribution in [2.75, 3.05) is 7.11 Å². The van der Waals surface area contributed by atoms with Crippen LogP contribution in [0.15, 0.2) is 12.2 Å². The highest BCUT2D eigenvalue weighted by Gasteiger charge is 2.55. The molecule has 2 N–H and O–H groups in total. The molecule has 1 saturated carbocycles. The minimum atomic E-state index is -0.418. The lowest BCUT2D eigenvalue weighted by atomic mass is 9.76. The number of nitrogens with two attached hydrogens (primary N) is 1. The minimum absolute atomic E-state index is 0.0534. The summed E-state index contributed by atoms with van der Waals surface area (Å²) in [6, 6.07) is -0.418. The Balaban J connectivity index is 2.06. The van der Waals surface area contributed by atoms with Crippen molar-refractivity contribution in [3.05, 3.63) is 12.2 Å². The quantitative estimate of drug-likeness (QED) is 0.567. The van der Waals surface area contributed by atoms with Crippen LogP contribution < -0.4 is 5.73 Å². The number of hydrogen-bond acceptors (Lipinski definition) is 3. The number of hydrogen-bond donors (Lipinski definition) is 1. The molecule has 0 aromatic carbocycles. The highest BCUT2D eigenvalue weighted by molar-refractivity contribution is 5.77. The highest BCUT2D eigenvalue weighted by atomic mass is 16.5. The second-order valence-corrected chi connectivity index (χ2v) is 4.72. The number of allylic oxidation sites excluding steroid dienone is 2. The van der Waals surface area contributed by atoms with Crippen molar-refractivity contribution in [2.24, 2.45) is 17.1 Å². The third kappa shape index (κ3) is 1.81. The van der Waals surface area contributed by atoms with Crippen LogP contribution in [0.5, 0.6) is 0 Å². The minimum Gasteiger partial charge on any atom is -0.468 e. The number of rotatable bonds is 3. The highest BCUT2D eigenvalue weighted by Crippen LogP contribution is 2.57. The number of carbonyl (C=O) groups is 1. The van der Waals surface area contributed by atoms with E-state index >= 15 is 0 Å². The van der Waals surface area contributed by atoms with E-state index in [1.165, 1.54) is 13.5 Å². The maximum atomic E-state index is 11.5. The van der Waals surface area contributed by atoms with E-state index in [9.17, 15) is 4.79 Å². The van der Waals surface area contributed by atoms with E-state index in [0.29, 0.717) is 5.92 Å². The zero-order chi connectivity index (χ0) is 10.9. The molecule has 0 aromatic rings. The van der Waals surface area contributed by atoms with Crippen molar-refractivity contribution in [1.82, 2.24) is 0 Å². The Kier molecular flexibility index (Phi) is 2.83. The van der Waals surface area contributed by atoms with Crippen LogP contribution in [0.3, 0.4) is 0 Å². The van der Waals surface area contributed by atoms with Gasteiger partial charge in [0.15, 0.2) is 0 Å².